The monoisotopic (exact) mass is 518 g/mol. The molecule has 1 N–H and O–H groups in total. The summed E-state index contributed by atoms with van der Waals surface area (Å²) in [5.41, 5.74) is 4.35. The fraction of sp³-hybridized carbons (Fsp3) is 0.531. The van der Waals surface area contributed by atoms with Crippen LogP contribution in [0.3, 0.4) is 0 Å². The smallest absolute Gasteiger partial charge is 0.340 e. The SMILES string of the molecule is COCCN(Cc1cc2c(C)c(Cc3ccccc3)c(=O)oc2c(C)c1O)CC1CCCN2CCCCC12. The second-order valence-corrected chi connectivity index (χ2v) is 11.3. The summed E-state index contributed by atoms with van der Waals surface area (Å²) in [5, 5.41) is 12.1. The number of phenolic OH excluding ortho intramolecular Hbond substituents is 1. The first-order chi connectivity index (χ1) is 18.5. The molecule has 2 atom stereocenters. The highest BCUT2D eigenvalue weighted by molar-refractivity contribution is 5.86. The lowest BCUT2D eigenvalue weighted by molar-refractivity contribution is 0.0335. The van der Waals surface area contributed by atoms with Crippen molar-refractivity contribution in [1.82, 2.24) is 9.80 Å². The fourth-order valence-corrected chi connectivity index (χ4v) is 6.68. The molecule has 5 rings (SSSR count). The molecule has 0 saturated carbocycles. The third-order valence-electron chi connectivity index (χ3n) is 8.81. The first-order valence-corrected chi connectivity index (χ1v) is 14.2. The van der Waals surface area contributed by atoms with E-state index in [1.54, 1.807) is 7.11 Å². The predicted molar refractivity (Wildman–Crippen MR) is 152 cm³/mol. The molecule has 6 heteroatoms. The second kappa shape index (κ2) is 12.0. The van der Waals surface area contributed by atoms with E-state index in [0.29, 0.717) is 48.2 Å². The van der Waals surface area contributed by atoms with Gasteiger partial charge >= 0.3 is 5.63 Å². The van der Waals surface area contributed by atoms with Crippen LogP contribution in [0.2, 0.25) is 0 Å². The van der Waals surface area contributed by atoms with Gasteiger partial charge in [0, 0.05) is 61.3 Å². The quantitative estimate of drug-likeness (QED) is 0.382. The zero-order chi connectivity index (χ0) is 26.6. The van der Waals surface area contributed by atoms with Gasteiger partial charge in [-0.25, -0.2) is 4.79 Å². The Kier molecular flexibility index (Phi) is 8.51. The highest BCUT2D eigenvalue weighted by atomic mass is 16.5. The molecule has 0 amide bonds. The summed E-state index contributed by atoms with van der Waals surface area (Å²) >= 11 is 0. The average Bonchev–Trinajstić information content (AvgIpc) is 2.94. The third-order valence-corrected chi connectivity index (χ3v) is 8.81. The molecule has 0 radical (unpaired) electrons. The fourth-order valence-electron chi connectivity index (χ4n) is 6.68. The molecule has 204 valence electrons. The van der Waals surface area contributed by atoms with Crippen molar-refractivity contribution in [2.24, 2.45) is 5.92 Å². The largest absolute Gasteiger partial charge is 0.507 e. The van der Waals surface area contributed by atoms with Gasteiger partial charge in [0.15, 0.2) is 0 Å². The Hall–Kier alpha value is -2.67. The molecule has 3 aromatic rings. The maximum atomic E-state index is 13.0. The number of ether oxygens (including phenoxy) is 1. The Labute approximate surface area is 226 Å². The van der Waals surface area contributed by atoms with Crippen LogP contribution in [-0.2, 0) is 17.7 Å². The van der Waals surface area contributed by atoms with Gasteiger partial charge in [-0.1, -0.05) is 36.8 Å². The lowest BCUT2D eigenvalue weighted by atomic mass is 9.83. The van der Waals surface area contributed by atoms with Crippen molar-refractivity contribution in [3.63, 3.8) is 0 Å². The Morgan fingerprint density at radius 3 is 2.66 bits per heavy atom. The number of fused-ring (bicyclic) bond motifs is 2. The van der Waals surface area contributed by atoms with Crippen molar-refractivity contribution in [2.75, 3.05) is 39.9 Å². The van der Waals surface area contributed by atoms with Crippen LogP contribution in [0.1, 0.15) is 59.9 Å². The van der Waals surface area contributed by atoms with Gasteiger partial charge in [-0.05, 0) is 75.7 Å². The molecule has 2 unspecified atom stereocenters. The number of nitrogens with zero attached hydrogens (tertiary/aromatic N) is 2. The summed E-state index contributed by atoms with van der Waals surface area (Å²) in [6, 6.07) is 12.7. The van der Waals surface area contributed by atoms with Gasteiger partial charge < -0.3 is 19.2 Å². The molecule has 6 nitrogen and oxygen atoms in total. The molecule has 0 bridgehead atoms. The summed E-state index contributed by atoms with van der Waals surface area (Å²) in [4.78, 5) is 18.1. The molecule has 3 heterocycles. The first kappa shape index (κ1) is 26.9. The second-order valence-electron chi connectivity index (χ2n) is 11.3. The van der Waals surface area contributed by atoms with Gasteiger partial charge in [0.2, 0.25) is 0 Å². The van der Waals surface area contributed by atoms with E-state index in [0.717, 1.165) is 35.2 Å². The van der Waals surface area contributed by atoms with Gasteiger partial charge in [-0.3, -0.25) is 4.90 Å². The van der Waals surface area contributed by atoms with Crippen LogP contribution in [0, 0.1) is 19.8 Å². The maximum Gasteiger partial charge on any atom is 0.340 e. The van der Waals surface area contributed by atoms with Crippen molar-refractivity contribution in [1.29, 1.82) is 0 Å². The van der Waals surface area contributed by atoms with Crippen molar-refractivity contribution in [3.05, 3.63) is 74.6 Å². The van der Waals surface area contributed by atoms with Crippen LogP contribution in [-0.4, -0.2) is 60.8 Å². The molecule has 2 fully saturated rings. The Morgan fingerprint density at radius 2 is 1.87 bits per heavy atom. The van der Waals surface area contributed by atoms with E-state index in [-0.39, 0.29) is 11.4 Å². The standard InChI is InChI=1S/C32H42N2O4/c1-22-27-19-26(21-33(16-17-37-3)20-25-12-9-15-34-14-8-7-13-29(25)34)30(35)23(2)31(27)38-32(36)28(22)18-24-10-5-4-6-11-24/h4-6,10-11,19,25,29,35H,7-9,12-18,20-21H2,1-3H3. The van der Waals surface area contributed by atoms with E-state index in [1.165, 1.54) is 45.2 Å². The molecule has 2 saturated heterocycles. The molecule has 1 aromatic heterocycles. The Morgan fingerprint density at radius 1 is 1.08 bits per heavy atom. The van der Waals surface area contributed by atoms with Crippen molar-refractivity contribution in [3.8, 4) is 5.75 Å². The lowest BCUT2D eigenvalue weighted by Gasteiger charge is -2.45. The summed E-state index contributed by atoms with van der Waals surface area (Å²) in [5.74, 6) is 0.864. The molecular formula is C32H42N2O4. The van der Waals surface area contributed by atoms with Crippen LogP contribution in [0.5, 0.6) is 5.75 Å². The molecule has 38 heavy (non-hydrogen) atoms. The number of benzene rings is 2. The maximum absolute atomic E-state index is 13.0. The minimum absolute atomic E-state index is 0.223. The van der Waals surface area contributed by atoms with Crippen molar-refractivity contribution < 1.29 is 14.3 Å². The first-order valence-electron chi connectivity index (χ1n) is 14.2. The average molecular weight is 519 g/mol. The van der Waals surface area contributed by atoms with Crippen LogP contribution >= 0.6 is 0 Å². The third kappa shape index (κ3) is 5.68. The Balaban J connectivity index is 1.45. The van der Waals surface area contributed by atoms with Crippen molar-refractivity contribution >= 4 is 11.0 Å². The van der Waals surface area contributed by atoms with E-state index in [1.807, 2.05) is 50.2 Å². The topological polar surface area (TPSA) is 66.1 Å². The van der Waals surface area contributed by atoms with E-state index >= 15 is 0 Å². The van der Waals surface area contributed by atoms with Crippen LogP contribution in [0.15, 0.2) is 45.6 Å². The zero-order valence-corrected chi connectivity index (χ0v) is 23.2. The van der Waals surface area contributed by atoms with Crippen LogP contribution in [0.4, 0.5) is 0 Å². The summed E-state index contributed by atoms with van der Waals surface area (Å²) in [7, 11) is 1.75. The number of hydrogen-bond donors (Lipinski definition) is 1. The van der Waals surface area contributed by atoms with Gasteiger partial charge in [-0.2, -0.15) is 0 Å². The van der Waals surface area contributed by atoms with Gasteiger partial charge in [0.05, 0.1) is 6.61 Å². The lowest BCUT2D eigenvalue weighted by Crippen LogP contribution is -2.51. The van der Waals surface area contributed by atoms with Crippen molar-refractivity contribution in [2.45, 2.75) is 65.0 Å². The van der Waals surface area contributed by atoms with Crippen LogP contribution in [0.25, 0.3) is 11.0 Å². The highest BCUT2D eigenvalue weighted by Crippen LogP contribution is 2.35. The van der Waals surface area contributed by atoms with Gasteiger partial charge in [0.25, 0.3) is 0 Å². The van der Waals surface area contributed by atoms with Gasteiger partial charge in [-0.15, -0.1) is 0 Å². The zero-order valence-electron chi connectivity index (χ0n) is 23.2. The highest BCUT2D eigenvalue weighted by Gasteiger charge is 2.34. The van der Waals surface area contributed by atoms with Gasteiger partial charge in [0.1, 0.15) is 11.3 Å². The molecule has 0 spiro atoms. The number of aromatic hydroxyl groups is 1. The number of piperidine rings is 2. The van der Waals surface area contributed by atoms with E-state index < -0.39 is 0 Å². The number of phenols is 1. The van der Waals surface area contributed by atoms with Crippen LogP contribution < -0.4 is 5.63 Å². The summed E-state index contributed by atoms with van der Waals surface area (Å²) in [6.45, 7) is 9.44. The molecule has 2 aliphatic rings. The number of aryl methyl sites for hydroxylation is 2. The summed E-state index contributed by atoms with van der Waals surface area (Å²) in [6.07, 6.45) is 7.01. The summed E-state index contributed by atoms with van der Waals surface area (Å²) < 4.78 is 11.3. The molecule has 2 aliphatic heterocycles. The number of rotatable bonds is 9. The Bertz CT molecular complexity index is 1300. The van der Waals surface area contributed by atoms with E-state index in [9.17, 15) is 9.90 Å². The normalized spacial score (nSPS) is 20.2. The van der Waals surface area contributed by atoms with E-state index in [4.69, 9.17) is 9.15 Å². The minimum Gasteiger partial charge on any atom is -0.507 e. The molecule has 0 aliphatic carbocycles. The minimum atomic E-state index is -0.329. The number of methoxy groups -OCH3 is 1. The number of hydrogen-bond acceptors (Lipinski definition) is 6. The molecular weight excluding hydrogens is 476 g/mol. The predicted octanol–water partition coefficient (Wildman–Crippen LogP) is 5.42. The molecule has 2 aromatic carbocycles. The van der Waals surface area contributed by atoms with E-state index in [2.05, 4.69) is 9.80 Å².